The minimum absolute atomic E-state index is 0.265. The molecule has 0 aliphatic heterocycles. The third-order valence-electron chi connectivity index (χ3n) is 3.42. The third kappa shape index (κ3) is 4.73. The molecule has 1 atom stereocenters. The van der Waals surface area contributed by atoms with Gasteiger partial charge in [0.25, 0.3) is 5.91 Å². The number of amides is 1. The Bertz CT molecular complexity index is 789. The number of para-hydroxylation sites is 1. The maximum Gasteiger partial charge on any atom is 0.265 e. The Labute approximate surface area is 142 Å². The predicted octanol–water partition coefficient (Wildman–Crippen LogP) is 2.49. The van der Waals surface area contributed by atoms with Crippen LogP contribution in [0.25, 0.3) is 0 Å². The van der Waals surface area contributed by atoms with Crippen LogP contribution in [-0.2, 0) is 14.8 Å². The molecular formula is C17H20N2O4S. The molecule has 128 valence electrons. The summed E-state index contributed by atoms with van der Waals surface area (Å²) in [7, 11) is -1.84. The number of nitrogens with zero attached hydrogens (tertiary/aromatic N) is 1. The van der Waals surface area contributed by atoms with Gasteiger partial charge in [-0.3, -0.25) is 9.10 Å². The van der Waals surface area contributed by atoms with Crippen LogP contribution in [-0.4, -0.2) is 33.7 Å². The van der Waals surface area contributed by atoms with Crippen LogP contribution in [0.1, 0.15) is 6.92 Å². The van der Waals surface area contributed by atoms with Crippen LogP contribution in [0, 0.1) is 0 Å². The van der Waals surface area contributed by atoms with Crippen molar-refractivity contribution in [1.29, 1.82) is 0 Å². The molecule has 2 rings (SSSR count). The van der Waals surface area contributed by atoms with Crippen LogP contribution >= 0.6 is 0 Å². The molecule has 0 aliphatic carbocycles. The van der Waals surface area contributed by atoms with E-state index in [1.165, 1.54) is 11.4 Å². The van der Waals surface area contributed by atoms with Gasteiger partial charge in [-0.15, -0.1) is 0 Å². The summed E-state index contributed by atoms with van der Waals surface area (Å²) in [6.45, 7) is 1.65. The van der Waals surface area contributed by atoms with E-state index in [1.807, 2.05) is 18.2 Å². The van der Waals surface area contributed by atoms with E-state index in [4.69, 9.17) is 4.74 Å². The van der Waals surface area contributed by atoms with Crippen LogP contribution in [0.15, 0.2) is 54.6 Å². The van der Waals surface area contributed by atoms with E-state index in [2.05, 4.69) is 5.32 Å². The van der Waals surface area contributed by atoms with Gasteiger partial charge in [0, 0.05) is 12.7 Å². The summed E-state index contributed by atoms with van der Waals surface area (Å²) in [5.41, 5.74) is 1.22. The summed E-state index contributed by atoms with van der Waals surface area (Å²) in [4.78, 5) is 12.1. The molecule has 0 saturated carbocycles. The predicted molar refractivity (Wildman–Crippen MR) is 94.9 cm³/mol. The summed E-state index contributed by atoms with van der Waals surface area (Å²) in [6, 6.07) is 15.6. The fourth-order valence-electron chi connectivity index (χ4n) is 1.95. The second-order valence-electron chi connectivity index (χ2n) is 5.34. The van der Waals surface area contributed by atoms with Gasteiger partial charge in [0.15, 0.2) is 6.10 Å². The van der Waals surface area contributed by atoms with Gasteiger partial charge >= 0.3 is 0 Å². The van der Waals surface area contributed by atoms with Crippen molar-refractivity contribution >= 4 is 27.3 Å². The summed E-state index contributed by atoms with van der Waals surface area (Å²) < 4.78 is 29.8. The van der Waals surface area contributed by atoms with E-state index in [1.54, 1.807) is 43.3 Å². The van der Waals surface area contributed by atoms with E-state index in [9.17, 15) is 13.2 Å². The van der Waals surface area contributed by atoms with Gasteiger partial charge in [0.2, 0.25) is 10.0 Å². The van der Waals surface area contributed by atoms with Gasteiger partial charge in [-0.25, -0.2) is 8.42 Å². The molecule has 0 spiro atoms. The highest BCUT2D eigenvalue weighted by molar-refractivity contribution is 7.92. The summed E-state index contributed by atoms with van der Waals surface area (Å²) in [5.74, 6) is 0.217. The van der Waals surface area contributed by atoms with Crippen molar-refractivity contribution in [3.63, 3.8) is 0 Å². The number of carbonyl (C=O) groups is 1. The molecule has 0 aromatic heterocycles. The van der Waals surface area contributed by atoms with Crippen molar-refractivity contribution in [2.24, 2.45) is 0 Å². The molecule has 2 aromatic rings. The fourth-order valence-corrected chi connectivity index (χ4v) is 2.45. The Morgan fingerprint density at radius 1 is 1.08 bits per heavy atom. The van der Waals surface area contributed by atoms with Gasteiger partial charge in [0.1, 0.15) is 5.75 Å². The maximum absolute atomic E-state index is 12.1. The summed E-state index contributed by atoms with van der Waals surface area (Å²) in [6.07, 6.45) is 0.441. The van der Waals surface area contributed by atoms with Gasteiger partial charge in [-0.1, -0.05) is 18.2 Å². The molecule has 1 N–H and O–H groups in total. The minimum atomic E-state index is -3.31. The third-order valence-corrected chi connectivity index (χ3v) is 4.63. The maximum atomic E-state index is 12.1. The Morgan fingerprint density at radius 2 is 1.67 bits per heavy atom. The topological polar surface area (TPSA) is 75.7 Å². The summed E-state index contributed by atoms with van der Waals surface area (Å²) in [5, 5.41) is 2.76. The van der Waals surface area contributed by atoms with Crippen molar-refractivity contribution in [2.45, 2.75) is 13.0 Å². The first-order valence-corrected chi connectivity index (χ1v) is 9.19. The number of hydrogen-bond donors (Lipinski definition) is 1. The first-order valence-electron chi connectivity index (χ1n) is 7.34. The van der Waals surface area contributed by atoms with Gasteiger partial charge < -0.3 is 10.1 Å². The molecule has 0 saturated heterocycles. The molecular weight excluding hydrogens is 328 g/mol. The number of nitrogens with one attached hydrogen (secondary N) is 1. The average Bonchev–Trinajstić information content (AvgIpc) is 2.55. The van der Waals surface area contributed by atoms with Crippen LogP contribution in [0.2, 0.25) is 0 Å². The number of hydrogen-bond acceptors (Lipinski definition) is 4. The van der Waals surface area contributed by atoms with Crippen LogP contribution < -0.4 is 14.4 Å². The minimum Gasteiger partial charge on any atom is -0.481 e. The van der Waals surface area contributed by atoms with Crippen molar-refractivity contribution in [2.75, 3.05) is 22.9 Å². The molecule has 0 bridgehead atoms. The number of benzene rings is 2. The van der Waals surface area contributed by atoms with Crippen LogP contribution in [0.4, 0.5) is 11.4 Å². The molecule has 0 unspecified atom stereocenters. The van der Waals surface area contributed by atoms with Gasteiger partial charge in [0.05, 0.1) is 11.9 Å². The smallest absolute Gasteiger partial charge is 0.265 e. The lowest BCUT2D eigenvalue weighted by Crippen LogP contribution is -2.30. The first kappa shape index (κ1) is 17.8. The monoisotopic (exact) mass is 348 g/mol. The number of ether oxygens (including phenoxy) is 1. The zero-order valence-electron chi connectivity index (χ0n) is 13.8. The standard InChI is InChI=1S/C17H20N2O4S/c1-13(17(20)18-14-7-5-4-6-8-14)23-16-11-9-15(10-12-16)19(2)24(3,21)22/h4-13H,1-3H3,(H,18,20)/t13-/m0/s1. The van der Waals surface area contributed by atoms with Gasteiger partial charge in [-0.05, 0) is 43.3 Å². The molecule has 1 amide bonds. The Morgan fingerprint density at radius 3 is 2.21 bits per heavy atom. The average molecular weight is 348 g/mol. The zero-order chi connectivity index (χ0) is 17.7. The van der Waals surface area contributed by atoms with Crippen molar-refractivity contribution in [1.82, 2.24) is 0 Å². The summed E-state index contributed by atoms with van der Waals surface area (Å²) >= 11 is 0. The largest absolute Gasteiger partial charge is 0.481 e. The SMILES string of the molecule is C[C@H](Oc1ccc(N(C)S(C)(=O)=O)cc1)C(=O)Nc1ccccc1. The molecule has 0 fully saturated rings. The van der Waals surface area contributed by atoms with Gasteiger partial charge in [-0.2, -0.15) is 0 Å². The van der Waals surface area contributed by atoms with E-state index in [0.717, 1.165) is 6.26 Å². The first-order chi connectivity index (χ1) is 11.3. The highest BCUT2D eigenvalue weighted by atomic mass is 32.2. The molecule has 24 heavy (non-hydrogen) atoms. The number of rotatable bonds is 6. The van der Waals surface area contributed by atoms with Crippen molar-refractivity contribution < 1.29 is 17.9 Å². The Hall–Kier alpha value is -2.54. The highest BCUT2D eigenvalue weighted by Crippen LogP contribution is 2.21. The molecule has 6 nitrogen and oxygen atoms in total. The Balaban J connectivity index is 1.99. The second-order valence-corrected chi connectivity index (χ2v) is 7.35. The normalized spacial score (nSPS) is 12.3. The van der Waals surface area contributed by atoms with E-state index < -0.39 is 16.1 Å². The van der Waals surface area contributed by atoms with E-state index in [0.29, 0.717) is 17.1 Å². The number of sulfonamides is 1. The molecule has 0 radical (unpaired) electrons. The quantitative estimate of drug-likeness (QED) is 0.870. The zero-order valence-corrected chi connectivity index (χ0v) is 14.6. The van der Waals surface area contributed by atoms with E-state index in [-0.39, 0.29) is 5.91 Å². The number of carbonyl (C=O) groups excluding carboxylic acids is 1. The molecule has 0 aliphatic rings. The second kappa shape index (κ2) is 7.35. The lowest BCUT2D eigenvalue weighted by molar-refractivity contribution is -0.122. The van der Waals surface area contributed by atoms with Crippen molar-refractivity contribution in [3.8, 4) is 5.75 Å². The fraction of sp³-hybridized carbons (Fsp3) is 0.235. The lowest BCUT2D eigenvalue weighted by Gasteiger charge is -2.18. The Kier molecular flexibility index (Phi) is 5.46. The van der Waals surface area contributed by atoms with Crippen LogP contribution in [0.3, 0.4) is 0 Å². The highest BCUT2D eigenvalue weighted by Gasteiger charge is 2.16. The molecule has 0 heterocycles. The lowest BCUT2D eigenvalue weighted by atomic mass is 10.3. The molecule has 7 heteroatoms. The van der Waals surface area contributed by atoms with Crippen molar-refractivity contribution in [3.05, 3.63) is 54.6 Å². The van der Waals surface area contributed by atoms with E-state index >= 15 is 0 Å². The molecule has 2 aromatic carbocycles. The van der Waals surface area contributed by atoms with Crippen LogP contribution in [0.5, 0.6) is 5.75 Å². The number of anilines is 2.